The maximum Gasteiger partial charge on any atom is 0.251 e. The Bertz CT molecular complexity index is 787. The molecular weight excluding hydrogens is 300 g/mol. The smallest absolute Gasteiger partial charge is 0.251 e. The molecule has 0 aliphatic carbocycles. The second-order valence-corrected chi connectivity index (χ2v) is 6.80. The first-order valence-corrected chi connectivity index (χ1v) is 8.41. The molecule has 4 rings (SSSR count). The van der Waals surface area contributed by atoms with E-state index in [9.17, 15) is 4.79 Å². The van der Waals surface area contributed by atoms with Crippen molar-refractivity contribution in [3.8, 4) is 16.9 Å². The van der Waals surface area contributed by atoms with Crippen molar-refractivity contribution in [1.29, 1.82) is 0 Å². The van der Waals surface area contributed by atoms with Gasteiger partial charge in [0, 0.05) is 36.7 Å². The Labute approximate surface area is 142 Å². The topological polar surface area (TPSA) is 41.6 Å². The second kappa shape index (κ2) is 5.95. The molecule has 0 radical (unpaired) electrons. The lowest BCUT2D eigenvalue weighted by atomic mass is 9.86. The van der Waals surface area contributed by atoms with Crippen molar-refractivity contribution in [2.75, 3.05) is 33.8 Å². The molecule has 2 heterocycles. The normalized spacial score (nSPS) is 23.2. The van der Waals surface area contributed by atoms with E-state index in [1.54, 1.807) is 7.11 Å². The molecule has 2 unspecified atom stereocenters. The number of ether oxygens (including phenoxy) is 1. The molecule has 2 aliphatic rings. The van der Waals surface area contributed by atoms with Crippen LogP contribution >= 0.6 is 0 Å². The highest BCUT2D eigenvalue weighted by atomic mass is 16.5. The van der Waals surface area contributed by atoms with E-state index < -0.39 is 0 Å². The van der Waals surface area contributed by atoms with Crippen LogP contribution in [0.15, 0.2) is 42.5 Å². The van der Waals surface area contributed by atoms with Gasteiger partial charge in [-0.15, -0.1) is 0 Å². The number of hydrogen-bond acceptors (Lipinski definition) is 3. The molecule has 0 bridgehead atoms. The monoisotopic (exact) mass is 322 g/mol. The number of nitrogens with one attached hydrogen (secondary N) is 1. The third-order valence-electron chi connectivity index (χ3n) is 5.26. The zero-order valence-electron chi connectivity index (χ0n) is 14.1. The van der Waals surface area contributed by atoms with E-state index in [0.717, 1.165) is 42.1 Å². The molecule has 1 amide bonds. The summed E-state index contributed by atoms with van der Waals surface area (Å²) in [7, 11) is 3.83. The first kappa shape index (κ1) is 15.2. The molecule has 2 aromatic rings. The van der Waals surface area contributed by atoms with Crippen LogP contribution in [-0.2, 0) is 0 Å². The Morgan fingerprint density at radius 3 is 2.79 bits per heavy atom. The number of nitrogens with zero attached hydrogens (tertiary/aromatic N) is 1. The minimum Gasteiger partial charge on any atom is -0.496 e. The Hall–Kier alpha value is -2.33. The van der Waals surface area contributed by atoms with Gasteiger partial charge in [0.15, 0.2) is 0 Å². The summed E-state index contributed by atoms with van der Waals surface area (Å²) in [5, 5.41) is 3.10. The molecule has 2 aliphatic heterocycles. The lowest BCUT2D eigenvalue weighted by Crippen LogP contribution is -2.29. The van der Waals surface area contributed by atoms with Gasteiger partial charge in [0.1, 0.15) is 5.75 Å². The van der Waals surface area contributed by atoms with Gasteiger partial charge in [-0.05, 0) is 36.2 Å². The maximum atomic E-state index is 12.6. The third kappa shape index (κ3) is 2.47. The predicted molar refractivity (Wildman–Crippen MR) is 94.5 cm³/mol. The van der Waals surface area contributed by atoms with Crippen LogP contribution in [0.25, 0.3) is 11.1 Å². The minimum atomic E-state index is 0.0406. The highest BCUT2D eigenvalue weighted by Gasteiger charge is 2.36. The van der Waals surface area contributed by atoms with E-state index in [1.807, 2.05) is 30.3 Å². The van der Waals surface area contributed by atoms with Crippen molar-refractivity contribution in [1.82, 2.24) is 10.2 Å². The Balaban J connectivity index is 1.81. The van der Waals surface area contributed by atoms with Crippen LogP contribution in [0.4, 0.5) is 0 Å². The van der Waals surface area contributed by atoms with Crippen LogP contribution in [0, 0.1) is 5.92 Å². The molecule has 1 fully saturated rings. The van der Waals surface area contributed by atoms with Crippen molar-refractivity contribution in [2.24, 2.45) is 5.92 Å². The number of methoxy groups -OCH3 is 1. The van der Waals surface area contributed by atoms with Gasteiger partial charge in [0.05, 0.1) is 7.11 Å². The number of para-hydroxylation sites is 1. The zero-order chi connectivity index (χ0) is 16.7. The first-order chi connectivity index (χ1) is 11.7. The number of likely N-dealkylation sites (N-methyl/N-ethyl adjacent to an activating group) is 1. The average Bonchev–Trinajstić information content (AvgIpc) is 2.94. The summed E-state index contributed by atoms with van der Waals surface area (Å²) in [5.41, 5.74) is 4.02. The van der Waals surface area contributed by atoms with E-state index in [0.29, 0.717) is 11.8 Å². The molecule has 2 aromatic carbocycles. The summed E-state index contributed by atoms with van der Waals surface area (Å²) in [5.74, 6) is 1.79. The number of amides is 1. The van der Waals surface area contributed by atoms with Crippen molar-refractivity contribution in [3.63, 3.8) is 0 Å². The van der Waals surface area contributed by atoms with Gasteiger partial charge in [0.25, 0.3) is 5.91 Å². The second-order valence-electron chi connectivity index (χ2n) is 6.80. The number of carbonyl (C=O) groups is 1. The summed E-state index contributed by atoms with van der Waals surface area (Å²) in [4.78, 5) is 15.0. The van der Waals surface area contributed by atoms with Crippen LogP contribution in [-0.4, -0.2) is 44.6 Å². The molecular formula is C20H22N2O2. The molecule has 1 saturated heterocycles. The number of rotatable bonds is 2. The molecule has 1 N–H and O–H groups in total. The lowest BCUT2D eigenvalue weighted by Gasteiger charge is -2.17. The Morgan fingerprint density at radius 2 is 1.96 bits per heavy atom. The Kier molecular flexibility index (Phi) is 3.77. The quantitative estimate of drug-likeness (QED) is 0.924. The molecule has 4 nitrogen and oxygen atoms in total. The number of likely N-dealkylation sites (tertiary alicyclic amines) is 1. The number of fused-ring (bicyclic) bond motifs is 3. The van der Waals surface area contributed by atoms with E-state index in [1.165, 1.54) is 5.56 Å². The van der Waals surface area contributed by atoms with Crippen molar-refractivity contribution in [2.45, 2.75) is 5.92 Å². The van der Waals surface area contributed by atoms with Crippen molar-refractivity contribution < 1.29 is 9.53 Å². The van der Waals surface area contributed by atoms with Crippen molar-refractivity contribution >= 4 is 5.91 Å². The number of hydrogen-bond donors (Lipinski definition) is 1. The van der Waals surface area contributed by atoms with Gasteiger partial charge < -0.3 is 15.0 Å². The van der Waals surface area contributed by atoms with Crippen LogP contribution in [0.3, 0.4) is 0 Å². The lowest BCUT2D eigenvalue weighted by molar-refractivity contribution is 0.0951. The van der Waals surface area contributed by atoms with Gasteiger partial charge in [-0.1, -0.05) is 30.3 Å². The fourth-order valence-corrected chi connectivity index (χ4v) is 4.09. The van der Waals surface area contributed by atoms with E-state index in [4.69, 9.17) is 4.74 Å². The average molecular weight is 322 g/mol. The SMILES string of the molecule is COc1ccccc1-c1ccc2c(c1)C(=O)NCC1CN(C)CC21. The van der Waals surface area contributed by atoms with E-state index in [-0.39, 0.29) is 5.91 Å². The van der Waals surface area contributed by atoms with Crippen LogP contribution in [0.2, 0.25) is 0 Å². The summed E-state index contributed by atoms with van der Waals surface area (Å²) in [6.07, 6.45) is 0. The molecule has 0 spiro atoms. The molecule has 24 heavy (non-hydrogen) atoms. The molecule has 4 heteroatoms. The van der Waals surface area contributed by atoms with Gasteiger partial charge >= 0.3 is 0 Å². The Morgan fingerprint density at radius 1 is 1.12 bits per heavy atom. The summed E-state index contributed by atoms with van der Waals surface area (Å²) in [6.45, 7) is 2.81. The fraction of sp³-hybridized carbons (Fsp3) is 0.350. The number of carbonyl (C=O) groups excluding carboxylic acids is 1. The summed E-state index contributed by atoms with van der Waals surface area (Å²) in [6, 6.07) is 14.2. The van der Waals surface area contributed by atoms with Gasteiger partial charge in [0.2, 0.25) is 0 Å². The highest BCUT2D eigenvalue weighted by molar-refractivity contribution is 5.98. The predicted octanol–water partition coefficient (Wildman–Crippen LogP) is 2.75. The molecule has 124 valence electrons. The minimum absolute atomic E-state index is 0.0406. The highest BCUT2D eigenvalue weighted by Crippen LogP contribution is 2.38. The summed E-state index contributed by atoms with van der Waals surface area (Å²) >= 11 is 0. The maximum absolute atomic E-state index is 12.6. The standard InChI is InChI=1S/C20H22N2O2/c1-22-11-14-10-21-20(23)17-9-13(7-8-16(17)18(14)12-22)15-5-3-4-6-19(15)24-2/h3-9,14,18H,10-12H2,1-2H3,(H,21,23). The zero-order valence-corrected chi connectivity index (χ0v) is 14.1. The third-order valence-corrected chi connectivity index (χ3v) is 5.26. The van der Waals surface area contributed by atoms with E-state index >= 15 is 0 Å². The van der Waals surface area contributed by atoms with Crippen LogP contribution < -0.4 is 10.1 Å². The molecule has 0 saturated carbocycles. The summed E-state index contributed by atoms with van der Waals surface area (Å²) < 4.78 is 5.47. The fourth-order valence-electron chi connectivity index (χ4n) is 4.09. The van der Waals surface area contributed by atoms with E-state index in [2.05, 4.69) is 29.4 Å². The van der Waals surface area contributed by atoms with Crippen LogP contribution in [0.5, 0.6) is 5.75 Å². The van der Waals surface area contributed by atoms with Gasteiger partial charge in [-0.3, -0.25) is 4.79 Å². The molecule has 2 atom stereocenters. The molecule has 0 aromatic heterocycles. The first-order valence-electron chi connectivity index (χ1n) is 8.41. The van der Waals surface area contributed by atoms with Gasteiger partial charge in [-0.2, -0.15) is 0 Å². The van der Waals surface area contributed by atoms with Crippen LogP contribution in [0.1, 0.15) is 21.8 Å². The number of benzene rings is 2. The van der Waals surface area contributed by atoms with Crippen molar-refractivity contribution in [3.05, 3.63) is 53.6 Å². The van der Waals surface area contributed by atoms with Gasteiger partial charge in [-0.25, -0.2) is 0 Å². The largest absolute Gasteiger partial charge is 0.496 e.